The fourth-order valence-corrected chi connectivity index (χ4v) is 4.82. The normalized spacial score (nSPS) is 15.7. The van der Waals surface area contributed by atoms with E-state index in [0.29, 0.717) is 43.1 Å². The topological polar surface area (TPSA) is 84.9 Å². The van der Waals surface area contributed by atoms with E-state index in [1.54, 1.807) is 49.6 Å². The SMILES string of the molecule is COc1ccc(NC(=O)C2CCN(S(=O)(=O)c3ccc(C)cc3)CC2)c(OC)c1. The Bertz CT molecular complexity index is 965. The van der Waals surface area contributed by atoms with Gasteiger partial charge in [-0.25, -0.2) is 8.42 Å². The first-order valence-corrected chi connectivity index (χ1v) is 10.9. The summed E-state index contributed by atoms with van der Waals surface area (Å²) in [5.41, 5.74) is 1.57. The molecule has 0 radical (unpaired) electrons. The lowest BCUT2D eigenvalue weighted by Gasteiger charge is -2.30. The molecule has 156 valence electrons. The minimum absolute atomic E-state index is 0.138. The van der Waals surface area contributed by atoms with Gasteiger partial charge in [0.2, 0.25) is 15.9 Å². The van der Waals surface area contributed by atoms with Crippen LogP contribution in [0.15, 0.2) is 47.4 Å². The van der Waals surface area contributed by atoms with Crippen LogP contribution in [-0.4, -0.2) is 45.9 Å². The highest BCUT2D eigenvalue weighted by Gasteiger charge is 2.32. The number of sulfonamides is 1. The molecular formula is C21H26N2O5S. The quantitative estimate of drug-likeness (QED) is 0.779. The molecule has 7 nitrogen and oxygen atoms in total. The zero-order chi connectivity index (χ0) is 21.0. The fraction of sp³-hybridized carbons (Fsp3) is 0.381. The number of ether oxygens (including phenoxy) is 2. The molecular weight excluding hydrogens is 392 g/mol. The van der Waals surface area contributed by atoms with Gasteiger partial charge in [0.05, 0.1) is 24.8 Å². The van der Waals surface area contributed by atoms with Crippen LogP contribution in [0.1, 0.15) is 18.4 Å². The standard InChI is InChI=1S/C21H26N2O5S/c1-15-4-7-18(8-5-15)29(25,26)23-12-10-16(11-13-23)21(24)22-19-9-6-17(27-2)14-20(19)28-3/h4-9,14,16H,10-13H2,1-3H3,(H,22,24). The van der Waals surface area contributed by atoms with E-state index in [9.17, 15) is 13.2 Å². The Balaban J connectivity index is 1.63. The Morgan fingerprint density at radius 1 is 1.03 bits per heavy atom. The van der Waals surface area contributed by atoms with Gasteiger partial charge in [0.15, 0.2) is 0 Å². The Hall–Kier alpha value is -2.58. The van der Waals surface area contributed by atoms with Gasteiger partial charge in [0, 0.05) is 25.1 Å². The molecule has 1 aliphatic rings. The Kier molecular flexibility index (Phi) is 6.44. The van der Waals surface area contributed by atoms with Crippen molar-refractivity contribution < 1.29 is 22.7 Å². The second kappa shape index (κ2) is 8.84. The van der Waals surface area contributed by atoms with Crippen molar-refractivity contribution in [3.63, 3.8) is 0 Å². The number of anilines is 1. The summed E-state index contributed by atoms with van der Waals surface area (Å²) in [6.45, 7) is 2.54. The molecule has 0 aliphatic carbocycles. The van der Waals surface area contributed by atoms with Crippen LogP contribution >= 0.6 is 0 Å². The number of amides is 1. The molecule has 2 aromatic rings. The molecule has 8 heteroatoms. The maximum atomic E-state index is 12.8. The number of hydrogen-bond acceptors (Lipinski definition) is 5. The molecule has 1 saturated heterocycles. The minimum atomic E-state index is -3.54. The van der Waals surface area contributed by atoms with Gasteiger partial charge in [-0.2, -0.15) is 4.31 Å². The number of aryl methyl sites for hydroxylation is 1. The smallest absolute Gasteiger partial charge is 0.243 e. The van der Waals surface area contributed by atoms with Crippen LogP contribution in [0.3, 0.4) is 0 Å². The van der Waals surface area contributed by atoms with Crippen molar-refractivity contribution in [2.45, 2.75) is 24.7 Å². The van der Waals surface area contributed by atoms with E-state index in [1.165, 1.54) is 11.4 Å². The molecule has 29 heavy (non-hydrogen) atoms. The molecule has 1 N–H and O–H groups in total. The summed E-state index contributed by atoms with van der Waals surface area (Å²) in [5.74, 6) is 0.749. The number of nitrogens with one attached hydrogen (secondary N) is 1. The van der Waals surface area contributed by atoms with Crippen molar-refractivity contribution in [3.05, 3.63) is 48.0 Å². The maximum Gasteiger partial charge on any atom is 0.243 e. The number of benzene rings is 2. The molecule has 0 spiro atoms. The number of piperidine rings is 1. The highest BCUT2D eigenvalue weighted by Crippen LogP contribution is 2.31. The van der Waals surface area contributed by atoms with E-state index >= 15 is 0 Å². The zero-order valence-electron chi connectivity index (χ0n) is 16.8. The lowest BCUT2D eigenvalue weighted by Crippen LogP contribution is -2.41. The first-order chi connectivity index (χ1) is 13.8. The summed E-state index contributed by atoms with van der Waals surface area (Å²) in [7, 11) is -0.450. The van der Waals surface area contributed by atoms with E-state index in [4.69, 9.17) is 9.47 Å². The van der Waals surface area contributed by atoms with Crippen LogP contribution in [0.2, 0.25) is 0 Å². The lowest BCUT2D eigenvalue weighted by atomic mass is 9.97. The zero-order valence-corrected chi connectivity index (χ0v) is 17.7. The van der Waals surface area contributed by atoms with Gasteiger partial charge in [-0.3, -0.25) is 4.79 Å². The van der Waals surface area contributed by atoms with Gasteiger partial charge in [-0.05, 0) is 44.0 Å². The average Bonchev–Trinajstić information content (AvgIpc) is 2.74. The fourth-order valence-electron chi connectivity index (χ4n) is 3.35. The van der Waals surface area contributed by atoms with Crippen molar-refractivity contribution in [1.82, 2.24) is 4.31 Å². The lowest BCUT2D eigenvalue weighted by molar-refractivity contribution is -0.120. The summed E-state index contributed by atoms with van der Waals surface area (Å²) in [5, 5.41) is 2.89. The summed E-state index contributed by atoms with van der Waals surface area (Å²) in [6, 6.07) is 12.0. The largest absolute Gasteiger partial charge is 0.497 e. The highest BCUT2D eigenvalue weighted by molar-refractivity contribution is 7.89. The summed E-state index contributed by atoms with van der Waals surface area (Å²) in [4.78, 5) is 13.0. The van der Waals surface area contributed by atoms with Crippen LogP contribution in [0.4, 0.5) is 5.69 Å². The van der Waals surface area contributed by atoms with Crippen molar-refractivity contribution in [2.24, 2.45) is 5.92 Å². The summed E-state index contributed by atoms with van der Waals surface area (Å²) in [6.07, 6.45) is 0.935. The molecule has 0 unspecified atom stereocenters. The van der Waals surface area contributed by atoms with Crippen molar-refractivity contribution in [2.75, 3.05) is 32.6 Å². The number of carbonyl (C=O) groups excluding carboxylic acids is 1. The third kappa shape index (κ3) is 4.71. The third-order valence-corrected chi connectivity index (χ3v) is 7.06. The number of carbonyl (C=O) groups is 1. The Labute approximate surface area is 171 Å². The average molecular weight is 419 g/mol. The maximum absolute atomic E-state index is 12.8. The van der Waals surface area contributed by atoms with Gasteiger partial charge in [0.1, 0.15) is 11.5 Å². The van der Waals surface area contributed by atoms with Crippen molar-refractivity contribution >= 4 is 21.6 Å². The molecule has 1 aliphatic heterocycles. The van der Waals surface area contributed by atoms with Crippen molar-refractivity contribution in [3.8, 4) is 11.5 Å². The number of nitrogens with zero attached hydrogens (tertiary/aromatic N) is 1. The van der Waals surface area contributed by atoms with E-state index in [-0.39, 0.29) is 16.7 Å². The van der Waals surface area contributed by atoms with Crippen LogP contribution < -0.4 is 14.8 Å². The van der Waals surface area contributed by atoms with Gasteiger partial charge in [-0.1, -0.05) is 17.7 Å². The molecule has 0 saturated carbocycles. The molecule has 1 heterocycles. The van der Waals surface area contributed by atoms with Gasteiger partial charge >= 0.3 is 0 Å². The summed E-state index contributed by atoms with van der Waals surface area (Å²) >= 11 is 0. The molecule has 3 rings (SSSR count). The van der Waals surface area contributed by atoms with Gasteiger partial charge < -0.3 is 14.8 Å². The van der Waals surface area contributed by atoms with E-state index < -0.39 is 10.0 Å². The molecule has 1 amide bonds. The van der Waals surface area contributed by atoms with Crippen LogP contribution in [0.25, 0.3) is 0 Å². The van der Waals surface area contributed by atoms with Gasteiger partial charge in [0.25, 0.3) is 0 Å². The predicted molar refractivity (Wildman–Crippen MR) is 111 cm³/mol. The second-order valence-electron chi connectivity index (χ2n) is 7.05. The number of methoxy groups -OCH3 is 2. The Morgan fingerprint density at radius 3 is 2.28 bits per heavy atom. The molecule has 0 aromatic heterocycles. The minimum Gasteiger partial charge on any atom is -0.497 e. The van der Waals surface area contributed by atoms with Crippen LogP contribution in [-0.2, 0) is 14.8 Å². The van der Waals surface area contributed by atoms with E-state index in [1.807, 2.05) is 6.92 Å². The first-order valence-electron chi connectivity index (χ1n) is 9.45. The molecule has 0 bridgehead atoms. The highest BCUT2D eigenvalue weighted by atomic mass is 32.2. The number of hydrogen-bond donors (Lipinski definition) is 1. The van der Waals surface area contributed by atoms with Crippen LogP contribution in [0, 0.1) is 12.8 Å². The van der Waals surface area contributed by atoms with E-state index in [2.05, 4.69) is 5.32 Å². The van der Waals surface area contributed by atoms with E-state index in [0.717, 1.165) is 5.56 Å². The molecule has 0 atom stereocenters. The first kappa shape index (κ1) is 21.1. The third-order valence-electron chi connectivity index (χ3n) is 5.15. The Morgan fingerprint density at radius 2 is 1.69 bits per heavy atom. The molecule has 2 aromatic carbocycles. The van der Waals surface area contributed by atoms with Gasteiger partial charge in [-0.15, -0.1) is 0 Å². The summed E-state index contributed by atoms with van der Waals surface area (Å²) < 4.78 is 37.5. The van der Waals surface area contributed by atoms with Crippen LogP contribution in [0.5, 0.6) is 11.5 Å². The predicted octanol–water partition coefficient (Wildman–Crippen LogP) is 3.05. The number of rotatable bonds is 6. The van der Waals surface area contributed by atoms with Crippen molar-refractivity contribution in [1.29, 1.82) is 0 Å². The molecule has 1 fully saturated rings. The second-order valence-corrected chi connectivity index (χ2v) is 8.98. The monoisotopic (exact) mass is 418 g/mol.